The van der Waals surface area contributed by atoms with Gasteiger partial charge in [0.05, 0.1) is 26.8 Å². The monoisotopic (exact) mass is 373 g/mol. The molecule has 0 atom stereocenters. The zero-order chi connectivity index (χ0) is 14.4. The van der Waals surface area contributed by atoms with Gasteiger partial charge in [0.2, 0.25) is 5.95 Å². The molecule has 0 radical (unpaired) electrons. The number of imidazole rings is 1. The van der Waals surface area contributed by atoms with Gasteiger partial charge in [0.1, 0.15) is 5.82 Å². The van der Waals surface area contributed by atoms with E-state index in [0.29, 0.717) is 16.1 Å². The summed E-state index contributed by atoms with van der Waals surface area (Å²) in [5.41, 5.74) is 7.73. The molecule has 0 saturated heterocycles. The predicted molar refractivity (Wildman–Crippen MR) is 83.2 cm³/mol. The number of rotatable bonds is 1. The topological polar surface area (TPSA) is 43.8 Å². The molecule has 0 spiro atoms. The van der Waals surface area contributed by atoms with Crippen LogP contribution in [0.25, 0.3) is 16.7 Å². The molecule has 2 aromatic carbocycles. The normalized spacial score (nSPS) is 11.2. The maximum absolute atomic E-state index is 13.5. The fraction of sp³-hybridized carbons (Fsp3) is 0. The maximum Gasteiger partial charge on any atom is 0.205 e. The molecule has 3 nitrogen and oxygen atoms in total. The third-order valence-corrected chi connectivity index (χ3v) is 4.39. The summed E-state index contributed by atoms with van der Waals surface area (Å²) in [6.45, 7) is 0. The third kappa shape index (κ3) is 2.16. The average Bonchev–Trinajstić information content (AvgIpc) is 2.69. The Morgan fingerprint density at radius 1 is 1.15 bits per heavy atom. The Hall–Kier alpha value is -1.30. The lowest BCUT2D eigenvalue weighted by atomic mass is 10.2. The van der Waals surface area contributed by atoms with Crippen molar-refractivity contribution in [3.8, 4) is 5.69 Å². The van der Waals surface area contributed by atoms with E-state index in [1.807, 2.05) is 0 Å². The van der Waals surface area contributed by atoms with Gasteiger partial charge in [-0.15, -0.1) is 0 Å². The summed E-state index contributed by atoms with van der Waals surface area (Å²) in [6.07, 6.45) is 0. The molecular weight excluding hydrogens is 368 g/mol. The standard InChI is InChI=1S/C13H7BrCl2FN3/c14-7-3-6(1-2-8(7)15)20-12-4-9(16)10(17)5-11(12)19-13(20)18/h1-5H,(H2,18,19). The van der Waals surface area contributed by atoms with Crippen LogP contribution in [-0.4, -0.2) is 9.55 Å². The molecule has 3 rings (SSSR count). The lowest BCUT2D eigenvalue weighted by Crippen LogP contribution is -2.00. The minimum atomic E-state index is -0.527. The molecule has 1 heterocycles. The fourth-order valence-electron chi connectivity index (χ4n) is 1.99. The van der Waals surface area contributed by atoms with Crippen LogP contribution >= 0.6 is 39.1 Å². The molecule has 0 aliphatic carbocycles. The summed E-state index contributed by atoms with van der Waals surface area (Å²) in [5.74, 6) is -0.281. The van der Waals surface area contributed by atoms with Gasteiger partial charge in [-0.1, -0.05) is 23.2 Å². The van der Waals surface area contributed by atoms with Crippen LogP contribution in [0.5, 0.6) is 0 Å². The first kappa shape index (κ1) is 13.7. The van der Waals surface area contributed by atoms with Gasteiger partial charge in [-0.05, 0) is 40.2 Å². The Morgan fingerprint density at radius 2 is 1.90 bits per heavy atom. The van der Waals surface area contributed by atoms with E-state index < -0.39 is 5.82 Å². The van der Waals surface area contributed by atoms with Gasteiger partial charge < -0.3 is 5.73 Å². The van der Waals surface area contributed by atoms with Crippen LogP contribution in [0.4, 0.5) is 10.3 Å². The van der Waals surface area contributed by atoms with Gasteiger partial charge in [0.25, 0.3) is 0 Å². The van der Waals surface area contributed by atoms with E-state index in [1.54, 1.807) is 22.8 Å². The van der Waals surface area contributed by atoms with Crippen molar-refractivity contribution in [3.63, 3.8) is 0 Å². The molecule has 0 saturated carbocycles. The van der Waals surface area contributed by atoms with E-state index in [2.05, 4.69) is 20.9 Å². The third-order valence-electron chi connectivity index (χ3n) is 2.88. The molecule has 0 bridgehead atoms. The summed E-state index contributed by atoms with van der Waals surface area (Å²) >= 11 is 15.2. The first-order chi connectivity index (χ1) is 9.47. The van der Waals surface area contributed by atoms with Crippen LogP contribution in [0, 0.1) is 5.82 Å². The van der Waals surface area contributed by atoms with E-state index in [0.717, 1.165) is 10.2 Å². The molecule has 0 aliphatic heterocycles. The summed E-state index contributed by atoms with van der Waals surface area (Å²) in [5, 5.41) is 0.604. The molecule has 2 N–H and O–H groups in total. The highest BCUT2D eigenvalue weighted by molar-refractivity contribution is 9.10. The SMILES string of the molecule is Nc1nc2cc(F)c(Cl)cc2n1-c1ccc(Cl)c(Br)c1. The Bertz CT molecular complexity index is 832. The first-order valence-corrected chi connectivity index (χ1v) is 7.10. The van der Waals surface area contributed by atoms with Crippen molar-refractivity contribution in [1.82, 2.24) is 9.55 Å². The predicted octanol–water partition coefficient (Wildman–Crippen LogP) is 4.82. The highest BCUT2D eigenvalue weighted by Crippen LogP contribution is 2.30. The number of nitrogens with two attached hydrogens (primary N) is 1. The lowest BCUT2D eigenvalue weighted by molar-refractivity contribution is 0.630. The number of halogens is 4. The molecule has 0 amide bonds. The van der Waals surface area contributed by atoms with Crippen molar-refractivity contribution < 1.29 is 4.39 Å². The number of nitrogen functional groups attached to an aromatic ring is 1. The molecule has 0 aliphatic rings. The molecule has 1 aromatic heterocycles. The van der Waals surface area contributed by atoms with E-state index in [-0.39, 0.29) is 11.0 Å². The van der Waals surface area contributed by atoms with Gasteiger partial charge in [-0.25, -0.2) is 9.37 Å². The Kier molecular flexibility index (Phi) is 3.36. The molecule has 20 heavy (non-hydrogen) atoms. The fourth-order valence-corrected chi connectivity index (χ4v) is 2.63. The zero-order valence-corrected chi connectivity index (χ0v) is 13.0. The quantitative estimate of drug-likeness (QED) is 0.663. The van der Waals surface area contributed by atoms with Crippen molar-refractivity contribution in [1.29, 1.82) is 0 Å². The summed E-state index contributed by atoms with van der Waals surface area (Å²) < 4.78 is 15.9. The molecule has 7 heteroatoms. The van der Waals surface area contributed by atoms with Gasteiger partial charge in [-0.3, -0.25) is 4.57 Å². The molecule has 0 unspecified atom stereocenters. The summed E-state index contributed by atoms with van der Waals surface area (Å²) in [6, 6.07) is 8.09. The number of hydrogen-bond acceptors (Lipinski definition) is 2. The Labute approximate surface area is 132 Å². The summed E-state index contributed by atoms with van der Waals surface area (Å²) in [7, 11) is 0. The molecular formula is C13H7BrCl2FN3. The van der Waals surface area contributed by atoms with E-state index in [1.165, 1.54) is 12.1 Å². The molecule has 102 valence electrons. The van der Waals surface area contributed by atoms with Gasteiger partial charge in [0.15, 0.2) is 0 Å². The van der Waals surface area contributed by atoms with Crippen LogP contribution in [0.2, 0.25) is 10.0 Å². The van der Waals surface area contributed by atoms with Crippen molar-refractivity contribution in [2.75, 3.05) is 5.73 Å². The average molecular weight is 375 g/mol. The second-order valence-electron chi connectivity index (χ2n) is 4.16. The zero-order valence-electron chi connectivity index (χ0n) is 9.87. The highest BCUT2D eigenvalue weighted by atomic mass is 79.9. The highest BCUT2D eigenvalue weighted by Gasteiger charge is 2.14. The van der Waals surface area contributed by atoms with E-state index >= 15 is 0 Å². The minimum Gasteiger partial charge on any atom is -0.369 e. The van der Waals surface area contributed by atoms with Crippen molar-refractivity contribution in [2.24, 2.45) is 0 Å². The largest absolute Gasteiger partial charge is 0.369 e. The lowest BCUT2D eigenvalue weighted by Gasteiger charge is -2.08. The van der Waals surface area contributed by atoms with Crippen LogP contribution in [0.1, 0.15) is 0 Å². The van der Waals surface area contributed by atoms with Crippen LogP contribution in [-0.2, 0) is 0 Å². The van der Waals surface area contributed by atoms with Gasteiger partial charge >= 0.3 is 0 Å². The number of fused-ring (bicyclic) bond motifs is 1. The van der Waals surface area contributed by atoms with Crippen molar-refractivity contribution in [2.45, 2.75) is 0 Å². The van der Waals surface area contributed by atoms with Gasteiger partial charge in [-0.2, -0.15) is 0 Å². The maximum atomic E-state index is 13.5. The number of anilines is 1. The van der Waals surface area contributed by atoms with E-state index in [4.69, 9.17) is 28.9 Å². The van der Waals surface area contributed by atoms with Crippen molar-refractivity contribution in [3.05, 3.63) is 50.7 Å². The molecule has 0 fully saturated rings. The van der Waals surface area contributed by atoms with Crippen LogP contribution in [0.3, 0.4) is 0 Å². The number of nitrogens with zero attached hydrogens (tertiary/aromatic N) is 2. The number of hydrogen-bond donors (Lipinski definition) is 1. The first-order valence-electron chi connectivity index (χ1n) is 5.56. The minimum absolute atomic E-state index is 0.0201. The van der Waals surface area contributed by atoms with Crippen LogP contribution in [0.15, 0.2) is 34.8 Å². The second kappa shape index (κ2) is 4.91. The van der Waals surface area contributed by atoms with Crippen molar-refractivity contribution >= 4 is 56.1 Å². The second-order valence-corrected chi connectivity index (χ2v) is 5.83. The smallest absolute Gasteiger partial charge is 0.205 e. The van der Waals surface area contributed by atoms with Gasteiger partial charge in [0, 0.05) is 10.5 Å². The Balaban J connectivity index is 2.32. The van der Waals surface area contributed by atoms with Crippen LogP contribution < -0.4 is 5.73 Å². The number of aromatic nitrogens is 2. The number of benzene rings is 2. The Morgan fingerprint density at radius 3 is 2.60 bits per heavy atom. The molecule has 3 aromatic rings. The van der Waals surface area contributed by atoms with E-state index in [9.17, 15) is 4.39 Å². The summed E-state index contributed by atoms with van der Waals surface area (Å²) in [4.78, 5) is 4.14.